The Balaban J connectivity index is 1.88. The predicted octanol–water partition coefficient (Wildman–Crippen LogP) is 3.29. The van der Waals surface area contributed by atoms with Crippen LogP contribution in [0, 0.1) is 23.7 Å². The van der Waals surface area contributed by atoms with E-state index < -0.39 is 0 Å². The summed E-state index contributed by atoms with van der Waals surface area (Å²) < 4.78 is 0. The molecule has 1 heterocycles. The Bertz CT molecular complexity index is 268. The van der Waals surface area contributed by atoms with Gasteiger partial charge in [-0.3, -0.25) is 4.99 Å². The third kappa shape index (κ3) is 1.17. The van der Waals surface area contributed by atoms with Gasteiger partial charge >= 0.3 is 0 Å². The summed E-state index contributed by atoms with van der Waals surface area (Å²) in [7, 11) is 0. The van der Waals surface area contributed by atoms with E-state index in [-0.39, 0.29) is 0 Å². The second kappa shape index (κ2) is 3.08. The van der Waals surface area contributed by atoms with Crippen molar-refractivity contribution in [2.24, 2.45) is 28.7 Å². The van der Waals surface area contributed by atoms with Gasteiger partial charge in [0.1, 0.15) is 0 Å². The number of nitrogens with zero attached hydrogens (tertiary/aromatic N) is 1. The van der Waals surface area contributed by atoms with E-state index in [0.717, 1.165) is 23.7 Å². The Hall–Kier alpha value is -0.330. The fraction of sp³-hybridized carbons (Fsp3) is 0.923. The molecule has 0 radical (unpaired) electrons. The average molecular weight is 191 g/mol. The normalized spacial score (nSPS) is 54.1. The molecule has 78 valence electrons. The summed E-state index contributed by atoms with van der Waals surface area (Å²) in [5.74, 6) is 4.10. The molecule has 5 unspecified atom stereocenters. The number of hydrogen-bond donors (Lipinski definition) is 0. The number of hydrogen-bond acceptors (Lipinski definition) is 1. The summed E-state index contributed by atoms with van der Waals surface area (Å²) >= 11 is 0. The van der Waals surface area contributed by atoms with Crippen LogP contribution in [0.2, 0.25) is 0 Å². The molecule has 1 aliphatic heterocycles. The Morgan fingerprint density at radius 1 is 1.14 bits per heavy atom. The molecule has 2 bridgehead atoms. The molecule has 0 N–H and O–H groups in total. The van der Waals surface area contributed by atoms with Crippen molar-refractivity contribution in [3.8, 4) is 0 Å². The van der Waals surface area contributed by atoms with E-state index in [9.17, 15) is 0 Å². The third-order valence-corrected chi connectivity index (χ3v) is 4.98. The Kier molecular flexibility index (Phi) is 1.97. The Morgan fingerprint density at radius 2 is 1.93 bits per heavy atom. The van der Waals surface area contributed by atoms with Gasteiger partial charge in [-0.1, -0.05) is 6.92 Å². The highest BCUT2D eigenvalue weighted by atomic mass is 14.8. The maximum atomic E-state index is 4.93. The number of rotatable bonds is 1. The van der Waals surface area contributed by atoms with E-state index in [0.29, 0.717) is 6.04 Å². The topological polar surface area (TPSA) is 12.4 Å². The molecule has 0 spiro atoms. The first-order valence-corrected chi connectivity index (χ1v) is 6.32. The van der Waals surface area contributed by atoms with Gasteiger partial charge in [0.05, 0.1) is 0 Å². The lowest BCUT2D eigenvalue weighted by molar-refractivity contribution is 0.0878. The summed E-state index contributed by atoms with van der Waals surface area (Å²) in [6, 6.07) is 0.657. The molecule has 1 nitrogen and oxygen atoms in total. The molecule has 3 aliphatic rings. The standard InChI is InChI=1S/C13H21N/c1-3-12-6-11-5-10-4-9(7-13(10)11)8(2)14-12/h9-13H,3-7H2,1-2H3/b14-8-. The fourth-order valence-corrected chi connectivity index (χ4v) is 4.04. The minimum absolute atomic E-state index is 0.657. The highest BCUT2D eigenvalue weighted by Crippen LogP contribution is 2.56. The quantitative estimate of drug-likeness (QED) is 0.603. The molecule has 2 aliphatic carbocycles. The molecule has 2 saturated carbocycles. The van der Waals surface area contributed by atoms with E-state index in [4.69, 9.17) is 4.99 Å². The monoisotopic (exact) mass is 191 g/mol. The minimum atomic E-state index is 0.657. The van der Waals surface area contributed by atoms with E-state index in [1.807, 2.05) is 0 Å². The van der Waals surface area contributed by atoms with Gasteiger partial charge in [0, 0.05) is 11.8 Å². The maximum absolute atomic E-state index is 4.93. The number of aliphatic imine (C=N–C) groups is 1. The smallest absolute Gasteiger partial charge is 0.0499 e. The van der Waals surface area contributed by atoms with Crippen molar-refractivity contribution < 1.29 is 0 Å². The lowest BCUT2D eigenvalue weighted by Crippen LogP contribution is -2.35. The Morgan fingerprint density at radius 3 is 2.71 bits per heavy atom. The van der Waals surface area contributed by atoms with Crippen molar-refractivity contribution in [2.75, 3.05) is 0 Å². The van der Waals surface area contributed by atoms with Gasteiger partial charge in [0.2, 0.25) is 0 Å². The van der Waals surface area contributed by atoms with E-state index in [1.54, 1.807) is 0 Å². The molecule has 0 saturated heterocycles. The fourth-order valence-electron chi connectivity index (χ4n) is 4.04. The summed E-state index contributed by atoms with van der Waals surface area (Å²) in [6.45, 7) is 4.57. The molecular formula is C13H21N. The van der Waals surface area contributed by atoms with Crippen LogP contribution in [0.1, 0.15) is 46.0 Å². The van der Waals surface area contributed by atoms with Gasteiger partial charge in [0.25, 0.3) is 0 Å². The van der Waals surface area contributed by atoms with Crippen LogP contribution in [0.3, 0.4) is 0 Å². The highest BCUT2D eigenvalue weighted by molar-refractivity contribution is 5.85. The predicted molar refractivity (Wildman–Crippen MR) is 59.6 cm³/mol. The molecule has 5 atom stereocenters. The van der Waals surface area contributed by atoms with Crippen LogP contribution < -0.4 is 0 Å². The molecule has 3 rings (SSSR count). The molecule has 2 fully saturated rings. The average Bonchev–Trinajstić information content (AvgIpc) is 2.53. The first kappa shape index (κ1) is 8.94. The van der Waals surface area contributed by atoms with Crippen molar-refractivity contribution in [3.05, 3.63) is 0 Å². The molecular weight excluding hydrogens is 170 g/mol. The van der Waals surface area contributed by atoms with Crippen LogP contribution in [0.4, 0.5) is 0 Å². The molecule has 1 heteroatoms. The molecule has 0 amide bonds. The zero-order valence-electron chi connectivity index (χ0n) is 9.37. The van der Waals surface area contributed by atoms with Crippen LogP contribution in [0.5, 0.6) is 0 Å². The Labute approximate surface area is 87.0 Å². The third-order valence-electron chi connectivity index (χ3n) is 4.98. The first-order valence-electron chi connectivity index (χ1n) is 6.32. The first-order chi connectivity index (χ1) is 6.78. The second-order valence-electron chi connectivity index (χ2n) is 5.66. The van der Waals surface area contributed by atoms with E-state index >= 15 is 0 Å². The molecule has 0 aromatic carbocycles. The van der Waals surface area contributed by atoms with Crippen LogP contribution in [0.15, 0.2) is 4.99 Å². The van der Waals surface area contributed by atoms with Gasteiger partial charge in [0.15, 0.2) is 0 Å². The summed E-state index contributed by atoms with van der Waals surface area (Å²) in [5, 5.41) is 0. The van der Waals surface area contributed by atoms with Crippen molar-refractivity contribution in [1.29, 1.82) is 0 Å². The zero-order chi connectivity index (χ0) is 9.71. The van der Waals surface area contributed by atoms with Crippen molar-refractivity contribution in [3.63, 3.8) is 0 Å². The highest BCUT2D eigenvalue weighted by Gasteiger charge is 2.49. The van der Waals surface area contributed by atoms with Crippen LogP contribution in [0.25, 0.3) is 0 Å². The van der Waals surface area contributed by atoms with Crippen molar-refractivity contribution in [2.45, 2.75) is 52.0 Å². The lowest BCUT2D eigenvalue weighted by Gasteiger charge is -2.42. The van der Waals surface area contributed by atoms with Gasteiger partial charge in [-0.15, -0.1) is 0 Å². The van der Waals surface area contributed by atoms with E-state index in [1.165, 1.54) is 37.8 Å². The summed E-state index contributed by atoms with van der Waals surface area (Å²) in [5.41, 5.74) is 1.48. The van der Waals surface area contributed by atoms with Gasteiger partial charge in [-0.05, 0) is 62.7 Å². The van der Waals surface area contributed by atoms with Gasteiger partial charge in [-0.2, -0.15) is 0 Å². The molecule has 14 heavy (non-hydrogen) atoms. The second-order valence-corrected chi connectivity index (χ2v) is 5.66. The van der Waals surface area contributed by atoms with Gasteiger partial charge in [-0.25, -0.2) is 0 Å². The van der Waals surface area contributed by atoms with Crippen LogP contribution in [-0.2, 0) is 0 Å². The van der Waals surface area contributed by atoms with Crippen LogP contribution in [-0.4, -0.2) is 11.8 Å². The minimum Gasteiger partial charge on any atom is -0.291 e. The van der Waals surface area contributed by atoms with Gasteiger partial charge < -0.3 is 0 Å². The van der Waals surface area contributed by atoms with Crippen LogP contribution >= 0.6 is 0 Å². The zero-order valence-corrected chi connectivity index (χ0v) is 9.37. The molecule has 0 aromatic heterocycles. The maximum Gasteiger partial charge on any atom is 0.0499 e. The largest absolute Gasteiger partial charge is 0.291 e. The molecule has 0 aromatic rings. The SMILES string of the molecule is CCC1CC2CC3CC(CC23)/C(C)=N\1. The van der Waals surface area contributed by atoms with E-state index in [2.05, 4.69) is 13.8 Å². The summed E-state index contributed by atoms with van der Waals surface area (Å²) in [6.07, 6.45) is 7.11. The summed E-state index contributed by atoms with van der Waals surface area (Å²) in [4.78, 5) is 4.93. The van der Waals surface area contributed by atoms with Crippen molar-refractivity contribution >= 4 is 5.71 Å². The lowest BCUT2D eigenvalue weighted by atomic mass is 9.64. The van der Waals surface area contributed by atoms with Crippen molar-refractivity contribution in [1.82, 2.24) is 0 Å². The number of fused-ring (bicyclic) bond motifs is 1.